The number of benzene rings is 2. The molecule has 2 aromatic carbocycles. The van der Waals surface area contributed by atoms with Gasteiger partial charge < -0.3 is 4.98 Å². The number of H-pyrrole nitrogens is 1. The number of pyridine rings is 1. The first-order valence-corrected chi connectivity index (χ1v) is 13.2. The number of aromatic amines is 1. The number of nitrogens with one attached hydrogen (secondary N) is 1. The predicted octanol–water partition coefficient (Wildman–Crippen LogP) is 4.47. The zero-order valence-electron chi connectivity index (χ0n) is 17.5. The van der Waals surface area contributed by atoms with E-state index in [-0.39, 0.29) is 22.3 Å². The second kappa shape index (κ2) is 7.49. The maximum Gasteiger partial charge on any atom is 0.416 e. The van der Waals surface area contributed by atoms with E-state index in [2.05, 4.69) is 21.4 Å². The van der Waals surface area contributed by atoms with Gasteiger partial charge in [0.05, 0.1) is 22.2 Å². The highest BCUT2D eigenvalue weighted by molar-refractivity contribution is 6.83. The van der Waals surface area contributed by atoms with Crippen LogP contribution in [0.3, 0.4) is 0 Å². The molecule has 32 heavy (non-hydrogen) atoms. The first-order valence-electron chi connectivity index (χ1n) is 9.73. The molecule has 4 rings (SSSR count). The SMILES string of the molecule is C[Si](C)(C)C#Cc1ncc2ccccc2c1-n1c(=O)[nH]c2ccc(C(F)(F)F)cc2c1=O. The lowest BCUT2D eigenvalue weighted by Crippen LogP contribution is -2.34. The van der Waals surface area contributed by atoms with Crippen LogP contribution in [0.4, 0.5) is 13.2 Å². The molecule has 0 radical (unpaired) electrons. The molecule has 1 N–H and O–H groups in total. The fraction of sp³-hybridized carbons (Fsp3) is 0.174. The molecule has 0 atom stereocenters. The Morgan fingerprint density at radius 3 is 2.44 bits per heavy atom. The first-order chi connectivity index (χ1) is 15.0. The number of hydrogen-bond acceptors (Lipinski definition) is 3. The molecule has 0 amide bonds. The third-order valence-electron chi connectivity index (χ3n) is 4.78. The van der Waals surface area contributed by atoms with Gasteiger partial charge in [0.15, 0.2) is 0 Å². The monoisotopic (exact) mass is 453 g/mol. The third-order valence-corrected chi connectivity index (χ3v) is 5.65. The van der Waals surface area contributed by atoms with E-state index in [0.717, 1.165) is 22.8 Å². The van der Waals surface area contributed by atoms with Crippen LogP contribution in [0.1, 0.15) is 11.3 Å². The molecule has 5 nitrogen and oxygen atoms in total. The fourth-order valence-electron chi connectivity index (χ4n) is 3.31. The minimum atomic E-state index is -4.63. The van der Waals surface area contributed by atoms with Crippen molar-refractivity contribution < 1.29 is 13.2 Å². The largest absolute Gasteiger partial charge is 0.416 e. The van der Waals surface area contributed by atoms with E-state index >= 15 is 0 Å². The Labute approximate surface area is 181 Å². The summed E-state index contributed by atoms with van der Waals surface area (Å²) >= 11 is 0. The molecule has 4 aromatic rings. The van der Waals surface area contributed by atoms with Crippen molar-refractivity contribution in [3.8, 4) is 17.2 Å². The Balaban J connectivity index is 2.14. The molecule has 0 saturated heterocycles. The Morgan fingerprint density at radius 2 is 1.75 bits per heavy atom. The van der Waals surface area contributed by atoms with Gasteiger partial charge in [-0.15, -0.1) is 5.54 Å². The lowest BCUT2D eigenvalue weighted by molar-refractivity contribution is -0.137. The van der Waals surface area contributed by atoms with E-state index < -0.39 is 31.1 Å². The quantitative estimate of drug-likeness (QED) is 0.342. The zero-order valence-corrected chi connectivity index (χ0v) is 18.5. The number of aromatic nitrogens is 3. The van der Waals surface area contributed by atoms with Crippen LogP contribution in [-0.4, -0.2) is 22.6 Å². The van der Waals surface area contributed by atoms with E-state index in [1.54, 1.807) is 30.5 Å². The topological polar surface area (TPSA) is 67.8 Å². The second-order valence-corrected chi connectivity index (χ2v) is 13.1. The van der Waals surface area contributed by atoms with Crippen molar-refractivity contribution in [2.45, 2.75) is 25.8 Å². The first kappa shape index (κ1) is 21.6. The van der Waals surface area contributed by atoms with E-state index in [1.165, 1.54) is 0 Å². The molecule has 0 fully saturated rings. The molecule has 2 heterocycles. The minimum absolute atomic E-state index is 0.0205. The summed E-state index contributed by atoms with van der Waals surface area (Å²) in [6.07, 6.45) is -3.04. The molecule has 0 saturated carbocycles. The standard InChI is InChI=1S/C23H18F3N3O2Si/c1-32(2,3)11-10-19-20(16-7-5-4-6-14(16)13-27-19)29-21(30)17-12-15(23(24,25)26)8-9-18(17)28-22(29)31/h4-9,12-13H,1-3H3,(H,28,31). The maximum absolute atomic E-state index is 13.3. The number of alkyl halides is 3. The van der Waals surface area contributed by atoms with E-state index in [9.17, 15) is 22.8 Å². The van der Waals surface area contributed by atoms with Gasteiger partial charge in [-0.2, -0.15) is 13.2 Å². The average Bonchev–Trinajstić information content (AvgIpc) is 2.71. The van der Waals surface area contributed by atoms with Gasteiger partial charge in [0.2, 0.25) is 0 Å². The Morgan fingerprint density at radius 1 is 1.03 bits per heavy atom. The molecule has 0 spiro atoms. The average molecular weight is 453 g/mol. The molecular formula is C23H18F3N3O2Si. The summed E-state index contributed by atoms with van der Waals surface area (Å²) < 4.78 is 40.5. The number of halogens is 3. The lowest BCUT2D eigenvalue weighted by Gasteiger charge is -2.13. The normalized spacial score (nSPS) is 12.1. The highest BCUT2D eigenvalue weighted by Gasteiger charge is 2.31. The highest BCUT2D eigenvalue weighted by Crippen LogP contribution is 2.30. The van der Waals surface area contributed by atoms with Crippen LogP contribution in [-0.2, 0) is 6.18 Å². The van der Waals surface area contributed by atoms with Crippen LogP contribution in [0.5, 0.6) is 0 Å². The smallest absolute Gasteiger partial charge is 0.306 e. The highest BCUT2D eigenvalue weighted by atomic mass is 28.3. The molecular weight excluding hydrogens is 435 g/mol. The van der Waals surface area contributed by atoms with Crippen LogP contribution >= 0.6 is 0 Å². The Hall–Kier alpha value is -3.64. The van der Waals surface area contributed by atoms with E-state index in [4.69, 9.17) is 0 Å². The number of fused-ring (bicyclic) bond motifs is 2. The number of rotatable bonds is 1. The third kappa shape index (κ3) is 3.97. The van der Waals surface area contributed by atoms with Crippen molar-refractivity contribution in [3.63, 3.8) is 0 Å². The lowest BCUT2D eigenvalue weighted by atomic mass is 10.1. The molecule has 0 bridgehead atoms. The zero-order chi connectivity index (χ0) is 23.3. The Bertz CT molecular complexity index is 1550. The summed E-state index contributed by atoms with van der Waals surface area (Å²) in [7, 11) is -1.83. The molecule has 9 heteroatoms. The van der Waals surface area contributed by atoms with E-state index in [1.807, 2.05) is 19.6 Å². The van der Waals surface area contributed by atoms with Crippen molar-refractivity contribution in [3.05, 3.63) is 80.8 Å². The van der Waals surface area contributed by atoms with Gasteiger partial charge in [0, 0.05) is 17.0 Å². The molecule has 0 aliphatic rings. The predicted molar refractivity (Wildman–Crippen MR) is 121 cm³/mol. The fourth-order valence-corrected chi connectivity index (χ4v) is 3.80. The molecule has 162 valence electrons. The van der Waals surface area contributed by atoms with Gasteiger partial charge in [-0.1, -0.05) is 49.8 Å². The number of hydrogen-bond donors (Lipinski definition) is 1. The second-order valence-electron chi connectivity index (χ2n) is 8.37. The van der Waals surface area contributed by atoms with E-state index in [0.29, 0.717) is 10.8 Å². The molecule has 0 aliphatic heterocycles. The summed E-state index contributed by atoms with van der Waals surface area (Å²) in [6.45, 7) is 6.11. The summed E-state index contributed by atoms with van der Waals surface area (Å²) in [5.41, 5.74) is 0.925. The van der Waals surface area contributed by atoms with Gasteiger partial charge in [0.25, 0.3) is 5.56 Å². The summed E-state index contributed by atoms with van der Waals surface area (Å²) in [5, 5.41) is 0.953. The Kier molecular flexibility index (Phi) is 5.05. The summed E-state index contributed by atoms with van der Waals surface area (Å²) in [6, 6.07) is 9.66. The van der Waals surface area contributed by atoms with Crippen LogP contribution in [0, 0.1) is 11.5 Å². The molecule has 0 aliphatic carbocycles. The van der Waals surface area contributed by atoms with Crippen LogP contribution < -0.4 is 11.2 Å². The molecule has 2 aromatic heterocycles. The maximum atomic E-state index is 13.3. The van der Waals surface area contributed by atoms with Crippen molar-refractivity contribution in [1.29, 1.82) is 0 Å². The van der Waals surface area contributed by atoms with Gasteiger partial charge in [0.1, 0.15) is 13.8 Å². The van der Waals surface area contributed by atoms with Crippen molar-refractivity contribution in [2.24, 2.45) is 0 Å². The van der Waals surface area contributed by atoms with Crippen molar-refractivity contribution in [2.75, 3.05) is 0 Å². The molecule has 0 unspecified atom stereocenters. The van der Waals surface area contributed by atoms with Gasteiger partial charge in [-0.3, -0.25) is 4.79 Å². The van der Waals surface area contributed by atoms with Gasteiger partial charge in [-0.25, -0.2) is 14.3 Å². The van der Waals surface area contributed by atoms with Crippen molar-refractivity contribution >= 4 is 29.7 Å². The van der Waals surface area contributed by atoms with Crippen LogP contribution in [0.25, 0.3) is 27.4 Å². The summed E-state index contributed by atoms with van der Waals surface area (Å²) in [5.74, 6) is 2.99. The minimum Gasteiger partial charge on any atom is -0.306 e. The van der Waals surface area contributed by atoms with Crippen molar-refractivity contribution in [1.82, 2.24) is 14.5 Å². The van der Waals surface area contributed by atoms with Crippen LogP contribution in [0.2, 0.25) is 19.6 Å². The van der Waals surface area contributed by atoms with Crippen LogP contribution in [0.15, 0.2) is 58.3 Å². The number of nitrogens with zero attached hydrogens (tertiary/aromatic N) is 2. The summed E-state index contributed by atoms with van der Waals surface area (Å²) in [4.78, 5) is 33.2. The van der Waals surface area contributed by atoms with Gasteiger partial charge in [-0.05, 0) is 18.2 Å². The van der Waals surface area contributed by atoms with Gasteiger partial charge >= 0.3 is 11.9 Å².